The number of nitrogen functional groups attached to an aromatic ring is 1. The Hall–Kier alpha value is -1.51. The number of rotatable bonds is 3. The van der Waals surface area contributed by atoms with Gasteiger partial charge in [0.15, 0.2) is 0 Å². The lowest BCUT2D eigenvalue weighted by Crippen LogP contribution is -2.30. The molecule has 3 nitrogen and oxygen atoms in total. The second kappa shape index (κ2) is 5.42. The van der Waals surface area contributed by atoms with E-state index in [9.17, 15) is 4.79 Å². The van der Waals surface area contributed by atoms with E-state index in [1.165, 1.54) is 19.3 Å². The average Bonchev–Trinajstić information content (AvgIpc) is 2.72. The maximum Gasteiger partial charge on any atom is 0.251 e. The molecule has 1 aliphatic rings. The SMILES string of the molecule is Cc1cc(N)ccc1C(=O)NCC1CCCC1C. The van der Waals surface area contributed by atoms with Gasteiger partial charge in [0.05, 0.1) is 0 Å². The first-order valence-corrected chi connectivity index (χ1v) is 6.72. The molecular formula is C15H22N2O. The second-order valence-corrected chi connectivity index (χ2v) is 5.45. The van der Waals surface area contributed by atoms with Crippen LogP contribution in [0.2, 0.25) is 0 Å². The topological polar surface area (TPSA) is 55.1 Å². The summed E-state index contributed by atoms with van der Waals surface area (Å²) in [6.45, 7) is 4.99. The smallest absolute Gasteiger partial charge is 0.251 e. The number of hydrogen-bond donors (Lipinski definition) is 2. The van der Waals surface area contributed by atoms with Gasteiger partial charge in [-0.2, -0.15) is 0 Å². The molecule has 0 bridgehead atoms. The summed E-state index contributed by atoms with van der Waals surface area (Å²) in [6.07, 6.45) is 3.83. The minimum Gasteiger partial charge on any atom is -0.399 e. The molecule has 0 radical (unpaired) electrons. The van der Waals surface area contributed by atoms with Crippen molar-refractivity contribution in [3.05, 3.63) is 29.3 Å². The van der Waals surface area contributed by atoms with Gasteiger partial charge in [-0.3, -0.25) is 4.79 Å². The Bertz CT molecular complexity index is 442. The van der Waals surface area contributed by atoms with Crippen molar-refractivity contribution >= 4 is 11.6 Å². The van der Waals surface area contributed by atoms with Gasteiger partial charge < -0.3 is 11.1 Å². The number of hydrogen-bond acceptors (Lipinski definition) is 2. The van der Waals surface area contributed by atoms with Crippen LogP contribution < -0.4 is 11.1 Å². The third kappa shape index (κ3) is 2.84. The van der Waals surface area contributed by atoms with Crippen molar-refractivity contribution in [2.45, 2.75) is 33.1 Å². The van der Waals surface area contributed by atoms with Crippen LogP contribution in [-0.2, 0) is 0 Å². The largest absolute Gasteiger partial charge is 0.399 e. The van der Waals surface area contributed by atoms with Crippen LogP contribution in [0, 0.1) is 18.8 Å². The van der Waals surface area contributed by atoms with Crippen LogP contribution in [0.5, 0.6) is 0 Å². The molecule has 2 rings (SSSR count). The molecule has 98 valence electrons. The summed E-state index contributed by atoms with van der Waals surface area (Å²) in [4.78, 5) is 12.1. The van der Waals surface area contributed by atoms with Gasteiger partial charge >= 0.3 is 0 Å². The maximum absolute atomic E-state index is 12.1. The molecule has 1 aromatic rings. The summed E-state index contributed by atoms with van der Waals surface area (Å²) < 4.78 is 0. The zero-order valence-corrected chi connectivity index (χ0v) is 11.2. The Morgan fingerprint density at radius 2 is 2.22 bits per heavy atom. The molecule has 0 aliphatic heterocycles. The van der Waals surface area contributed by atoms with Gasteiger partial charge in [-0.25, -0.2) is 0 Å². The summed E-state index contributed by atoms with van der Waals surface area (Å²) in [5.74, 6) is 1.40. The highest BCUT2D eigenvalue weighted by Crippen LogP contribution is 2.30. The molecule has 1 amide bonds. The Morgan fingerprint density at radius 1 is 1.44 bits per heavy atom. The highest BCUT2D eigenvalue weighted by molar-refractivity contribution is 5.96. The fourth-order valence-corrected chi connectivity index (χ4v) is 2.79. The number of benzene rings is 1. The number of carbonyl (C=O) groups is 1. The highest BCUT2D eigenvalue weighted by atomic mass is 16.1. The lowest BCUT2D eigenvalue weighted by atomic mass is 9.98. The van der Waals surface area contributed by atoms with Crippen LogP contribution in [0.3, 0.4) is 0 Å². The predicted molar refractivity (Wildman–Crippen MR) is 74.4 cm³/mol. The van der Waals surface area contributed by atoms with E-state index >= 15 is 0 Å². The van der Waals surface area contributed by atoms with E-state index < -0.39 is 0 Å². The molecule has 1 saturated carbocycles. The van der Waals surface area contributed by atoms with Crippen molar-refractivity contribution in [1.82, 2.24) is 5.32 Å². The zero-order valence-electron chi connectivity index (χ0n) is 11.2. The molecule has 2 unspecified atom stereocenters. The fraction of sp³-hybridized carbons (Fsp3) is 0.533. The zero-order chi connectivity index (χ0) is 13.1. The normalized spacial score (nSPS) is 23.0. The van der Waals surface area contributed by atoms with Crippen molar-refractivity contribution in [2.24, 2.45) is 11.8 Å². The fourth-order valence-electron chi connectivity index (χ4n) is 2.79. The standard InChI is InChI=1S/C15H22N2O/c1-10-4-3-5-12(10)9-17-15(18)14-7-6-13(16)8-11(14)2/h6-8,10,12H,3-5,9,16H2,1-2H3,(H,17,18). The molecule has 3 N–H and O–H groups in total. The summed E-state index contributed by atoms with van der Waals surface area (Å²) >= 11 is 0. The Morgan fingerprint density at radius 3 is 2.83 bits per heavy atom. The van der Waals surface area contributed by atoms with Gasteiger partial charge in [0.1, 0.15) is 0 Å². The molecule has 0 aromatic heterocycles. The minimum absolute atomic E-state index is 0.0200. The molecule has 2 atom stereocenters. The van der Waals surface area contributed by atoms with Gasteiger partial charge in [0.2, 0.25) is 0 Å². The highest BCUT2D eigenvalue weighted by Gasteiger charge is 2.23. The first kappa shape index (κ1) is 12.9. The van der Waals surface area contributed by atoms with Crippen molar-refractivity contribution in [2.75, 3.05) is 12.3 Å². The van der Waals surface area contributed by atoms with Crippen LogP contribution >= 0.6 is 0 Å². The maximum atomic E-state index is 12.1. The molecule has 1 aromatic carbocycles. The summed E-state index contributed by atoms with van der Waals surface area (Å²) in [7, 11) is 0. The molecule has 3 heteroatoms. The van der Waals surface area contributed by atoms with Crippen molar-refractivity contribution in [1.29, 1.82) is 0 Å². The van der Waals surface area contributed by atoms with E-state index in [-0.39, 0.29) is 5.91 Å². The van der Waals surface area contributed by atoms with Crippen molar-refractivity contribution < 1.29 is 4.79 Å². The first-order valence-electron chi connectivity index (χ1n) is 6.72. The monoisotopic (exact) mass is 246 g/mol. The van der Waals surface area contributed by atoms with Crippen LogP contribution in [-0.4, -0.2) is 12.5 Å². The van der Waals surface area contributed by atoms with E-state index in [0.29, 0.717) is 11.6 Å². The predicted octanol–water partition coefficient (Wildman–Crippen LogP) is 2.74. The van der Waals surface area contributed by atoms with Crippen molar-refractivity contribution in [3.8, 4) is 0 Å². The van der Waals surface area contributed by atoms with Gasteiger partial charge in [-0.05, 0) is 48.9 Å². The number of anilines is 1. The lowest BCUT2D eigenvalue weighted by Gasteiger charge is -2.16. The van der Waals surface area contributed by atoms with Crippen LogP contribution in [0.15, 0.2) is 18.2 Å². The van der Waals surface area contributed by atoms with Crippen LogP contribution in [0.1, 0.15) is 42.1 Å². The molecule has 18 heavy (non-hydrogen) atoms. The quantitative estimate of drug-likeness (QED) is 0.806. The molecule has 0 spiro atoms. The van der Waals surface area contributed by atoms with Gasteiger partial charge in [-0.1, -0.05) is 19.8 Å². The summed E-state index contributed by atoms with van der Waals surface area (Å²) in [5, 5.41) is 3.05. The Kier molecular flexibility index (Phi) is 3.90. The number of aryl methyl sites for hydroxylation is 1. The summed E-state index contributed by atoms with van der Waals surface area (Å²) in [5.41, 5.74) is 8.06. The van der Waals surface area contributed by atoms with E-state index in [1.807, 2.05) is 13.0 Å². The van der Waals surface area contributed by atoms with Crippen molar-refractivity contribution in [3.63, 3.8) is 0 Å². The number of nitrogens with two attached hydrogens (primary N) is 1. The Labute approximate surface area is 109 Å². The van der Waals surface area contributed by atoms with Crippen LogP contribution in [0.4, 0.5) is 5.69 Å². The van der Waals surface area contributed by atoms with Gasteiger partial charge in [-0.15, -0.1) is 0 Å². The summed E-state index contributed by atoms with van der Waals surface area (Å²) in [6, 6.07) is 5.42. The van der Waals surface area contributed by atoms with E-state index in [4.69, 9.17) is 5.73 Å². The minimum atomic E-state index is 0.0200. The number of amides is 1. The van der Waals surface area contributed by atoms with E-state index in [1.54, 1.807) is 12.1 Å². The Balaban J connectivity index is 1.95. The van der Waals surface area contributed by atoms with E-state index in [2.05, 4.69) is 12.2 Å². The van der Waals surface area contributed by atoms with Crippen LogP contribution in [0.25, 0.3) is 0 Å². The third-order valence-electron chi connectivity index (χ3n) is 4.06. The second-order valence-electron chi connectivity index (χ2n) is 5.45. The average molecular weight is 246 g/mol. The molecule has 0 saturated heterocycles. The number of nitrogens with one attached hydrogen (secondary N) is 1. The molecule has 1 aliphatic carbocycles. The lowest BCUT2D eigenvalue weighted by molar-refractivity contribution is 0.0944. The molecule has 0 heterocycles. The number of carbonyl (C=O) groups excluding carboxylic acids is 1. The van der Waals surface area contributed by atoms with Gasteiger partial charge in [0.25, 0.3) is 5.91 Å². The molecular weight excluding hydrogens is 224 g/mol. The van der Waals surface area contributed by atoms with E-state index in [0.717, 1.165) is 23.6 Å². The first-order chi connectivity index (χ1) is 8.58. The van der Waals surface area contributed by atoms with Gasteiger partial charge in [0, 0.05) is 17.8 Å². The third-order valence-corrected chi connectivity index (χ3v) is 4.06. The molecule has 1 fully saturated rings.